The van der Waals surface area contributed by atoms with Crippen LogP contribution < -0.4 is 4.74 Å². The van der Waals surface area contributed by atoms with Gasteiger partial charge in [-0.3, -0.25) is 0 Å². The summed E-state index contributed by atoms with van der Waals surface area (Å²) in [6.07, 6.45) is 1.58. The van der Waals surface area contributed by atoms with Gasteiger partial charge in [0.1, 0.15) is 27.7 Å². The van der Waals surface area contributed by atoms with Crippen molar-refractivity contribution >= 4 is 61.3 Å². The largest absolute Gasteiger partial charge is 0.494 e. The average Bonchev–Trinajstić information content (AvgIpc) is 3.11. The van der Waals surface area contributed by atoms with Gasteiger partial charge in [0.25, 0.3) is 0 Å². The van der Waals surface area contributed by atoms with Crippen molar-refractivity contribution in [3.05, 3.63) is 69.5 Å². The van der Waals surface area contributed by atoms with Gasteiger partial charge in [0.2, 0.25) is 0 Å². The van der Waals surface area contributed by atoms with Gasteiger partial charge in [0.05, 0.1) is 13.3 Å². The number of methoxy groups -OCH3 is 1. The van der Waals surface area contributed by atoms with Crippen molar-refractivity contribution in [3.63, 3.8) is 0 Å². The second-order valence-corrected chi connectivity index (χ2v) is 7.40. The fraction of sp³-hybridized carbons (Fsp3) is 0.0952. The predicted octanol–water partition coefficient (Wildman–Crippen LogP) is 6.25. The van der Waals surface area contributed by atoms with Gasteiger partial charge in [-0.2, -0.15) is 10.2 Å². The van der Waals surface area contributed by atoms with Gasteiger partial charge < -0.3 is 9.15 Å². The number of benzene rings is 2. The molecule has 7 heteroatoms. The third kappa shape index (κ3) is 3.66. The molecule has 0 radical (unpaired) electrons. The third-order valence-electron chi connectivity index (χ3n) is 4.25. The van der Waals surface area contributed by atoms with E-state index < -0.39 is 0 Å². The summed E-state index contributed by atoms with van der Waals surface area (Å²) in [5.74, 6) is 1.34. The van der Waals surface area contributed by atoms with Crippen LogP contribution in [0.2, 0.25) is 5.15 Å². The van der Waals surface area contributed by atoms with Crippen molar-refractivity contribution in [1.29, 1.82) is 0 Å². The van der Waals surface area contributed by atoms with E-state index >= 15 is 0 Å². The van der Waals surface area contributed by atoms with Crippen LogP contribution in [0.25, 0.3) is 21.9 Å². The Balaban J connectivity index is 1.63. The molecule has 4 rings (SSSR count). The van der Waals surface area contributed by atoms with Crippen LogP contribution in [-0.2, 0) is 0 Å². The van der Waals surface area contributed by atoms with Crippen LogP contribution in [-0.4, -0.2) is 24.0 Å². The maximum Gasteiger partial charge on any atom is 0.151 e. The molecule has 0 N–H and O–H groups in total. The number of para-hydroxylation sites is 1. The van der Waals surface area contributed by atoms with Gasteiger partial charge >= 0.3 is 0 Å². The summed E-state index contributed by atoms with van der Waals surface area (Å²) >= 11 is 9.76. The zero-order chi connectivity index (χ0) is 19.7. The summed E-state index contributed by atoms with van der Waals surface area (Å²) < 4.78 is 12.1. The lowest BCUT2D eigenvalue weighted by molar-refractivity contribution is 0.419. The molecular formula is C21H15BrClN3O2. The van der Waals surface area contributed by atoms with Crippen LogP contribution in [0.15, 0.2) is 67.6 Å². The molecule has 0 aliphatic rings. The number of fused-ring (bicyclic) bond motifs is 2. The molecule has 0 unspecified atom stereocenters. The van der Waals surface area contributed by atoms with Crippen molar-refractivity contribution in [2.75, 3.05) is 7.11 Å². The van der Waals surface area contributed by atoms with Crippen LogP contribution >= 0.6 is 27.5 Å². The molecule has 2 aromatic carbocycles. The fourth-order valence-corrected chi connectivity index (χ4v) is 3.41. The van der Waals surface area contributed by atoms with E-state index in [1.807, 2.05) is 55.5 Å². The SMILES string of the molecule is COc1cccc2cc(/C=N/N=C(\C)c3cc4cc(Br)ccc4o3)c(Cl)nc12. The standard InChI is InChI=1S/C21H15BrClN3O2/c1-12(19-10-14-9-16(22)6-7-17(14)28-19)26-24-11-15-8-13-4-3-5-18(27-2)20(13)25-21(15)23/h3-11H,1-2H3/b24-11+,26-12+. The maximum atomic E-state index is 6.30. The number of hydrogen-bond acceptors (Lipinski definition) is 5. The lowest BCUT2D eigenvalue weighted by Crippen LogP contribution is -1.93. The molecule has 2 aromatic heterocycles. The smallest absolute Gasteiger partial charge is 0.151 e. The molecule has 0 atom stereocenters. The molecule has 5 nitrogen and oxygen atoms in total. The van der Waals surface area contributed by atoms with E-state index in [0.717, 1.165) is 20.8 Å². The number of rotatable bonds is 4. The molecule has 0 saturated heterocycles. The third-order valence-corrected chi connectivity index (χ3v) is 5.04. The summed E-state index contributed by atoms with van der Waals surface area (Å²) in [7, 11) is 1.61. The number of aromatic nitrogens is 1. The Kier molecular flexibility index (Phi) is 5.15. The Morgan fingerprint density at radius 1 is 1.18 bits per heavy atom. The highest BCUT2D eigenvalue weighted by Gasteiger charge is 2.09. The number of hydrogen-bond donors (Lipinski definition) is 0. The molecule has 4 aromatic rings. The Hall–Kier alpha value is -2.70. The highest BCUT2D eigenvalue weighted by Crippen LogP contribution is 2.27. The second kappa shape index (κ2) is 7.73. The van der Waals surface area contributed by atoms with E-state index in [-0.39, 0.29) is 0 Å². The van der Waals surface area contributed by atoms with Crippen LogP contribution in [0.1, 0.15) is 18.2 Å². The predicted molar refractivity (Wildman–Crippen MR) is 117 cm³/mol. The zero-order valence-electron chi connectivity index (χ0n) is 15.1. The summed E-state index contributed by atoms with van der Waals surface area (Å²) in [6, 6.07) is 15.4. The van der Waals surface area contributed by atoms with Crippen molar-refractivity contribution in [2.45, 2.75) is 6.92 Å². The number of ether oxygens (including phenoxy) is 1. The molecule has 0 amide bonds. The van der Waals surface area contributed by atoms with Crippen molar-refractivity contribution in [1.82, 2.24) is 4.98 Å². The Morgan fingerprint density at radius 2 is 2.04 bits per heavy atom. The van der Waals surface area contributed by atoms with Crippen LogP contribution in [0.5, 0.6) is 5.75 Å². The molecule has 0 spiro atoms. The Morgan fingerprint density at radius 3 is 2.86 bits per heavy atom. The van der Waals surface area contributed by atoms with Crippen molar-refractivity contribution in [3.8, 4) is 5.75 Å². The van der Waals surface area contributed by atoms with E-state index in [2.05, 4.69) is 31.1 Å². The number of pyridine rings is 1. The zero-order valence-corrected chi connectivity index (χ0v) is 17.5. The highest BCUT2D eigenvalue weighted by atomic mass is 79.9. The normalized spacial score (nSPS) is 12.4. The van der Waals surface area contributed by atoms with Crippen LogP contribution in [0.4, 0.5) is 0 Å². The van der Waals surface area contributed by atoms with E-state index in [1.54, 1.807) is 13.3 Å². The molecule has 28 heavy (non-hydrogen) atoms. The summed E-state index contributed by atoms with van der Waals surface area (Å²) in [6.45, 7) is 1.84. The first kappa shape index (κ1) is 18.7. The molecule has 140 valence electrons. The lowest BCUT2D eigenvalue weighted by Gasteiger charge is -2.06. The number of nitrogens with zero attached hydrogens (tertiary/aromatic N) is 3. The number of halogens is 2. The van der Waals surface area contributed by atoms with Gasteiger partial charge in [-0.15, -0.1) is 0 Å². The van der Waals surface area contributed by atoms with Gasteiger partial charge in [-0.05, 0) is 43.3 Å². The fourth-order valence-electron chi connectivity index (χ4n) is 2.84. The molecular weight excluding hydrogens is 442 g/mol. The van der Waals surface area contributed by atoms with E-state index in [1.165, 1.54) is 0 Å². The van der Waals surface area contributed by atoms with Gasteiger partial charge in [-0.25, -0.2) is 4.98 Å². The monoisotopic (exact) mass is 455 g/mol. The van der Waals surface area contributed by atoms with Crippen LogP contribution in [0.3, 0.4) is 0 Å². The Labute approximate surface area is 174 Å². The minimum absolute atomic E-state index is 0.335. The van der Waals surface area contributed by atoms with E-state index in [0.29, 0.717) is 33.5 Å². The molecule has 0 aliphatic heterocycles. The van der Waals surface area contributed by atoms with Gasteiger partial charge in [0.15, 0.2) is 5.76 Å². The topological polar surface area (TPSA) is 60.0 Å². The summed E-state index contributed by atoms with van der Waals surface area (Å²) in [4.78, 5) is 4.42. The van der Waals surface area contributed by atoms with E-state index in [9.17, 15) is 0 Å². The minimum atomic E-state index is 0.335. The molecule has 0 saturated carbocycles. The molecule has 0 fully saturated rings. The first-order valence-electron chi connectivity index (χ1n) is 8.45. The maximum absolute atomic E-state index is 6.30. The molecule has 0 aliphatic carbocycles. The first-order valence-corrected chi connectivity index (χ1v) is 9.62. The summed E-state index contributed by atoms with van der Waals surface area (Å²) in [5.41, 5.74) is 2.84. The minimum Gasteiger partial charge on any atom is -0.494 e. The number of furan rings is 1. The first-order chi connectivity index (χ1) is 13.5. The van der Waals surface area contributed by atoms with Crippen molar-refractivity contribution < 1.29 is 9.15 Å². The molecule has 0 bridgehead atoms. The average molecular weight is 457 g/mol. The Bertz CT molecular complexity index is 1250. The van der Waals surface area contributed by atoms with Crippen LogP contribution in [0, 0.1) is 0 Å². The highest BCUT2D eigenvalue weighted by molar-refractivity contribution is 9.10. The lowest BCUT2D eigenvalue weighted by atomic mass is 10.1. The summed E-state index contributed by atoms with van der Waals surface area (Å²) in [5, 5.41) is 10.6. The quantitative estimate of drug-likeness (QED) is 0.207. The van der Waals surface area contributed by atoms with Crippen molar-refractivity contribution in [2.24, 2.45) is 10.2 Å². The van der Waals surface area contributed by atoms with Gasteiger partial charge in [0, 0.05) is 20.8 Å². The van der Waals surface area contributed by atoms with E-state index in [4.69, 9.17) is 20.8 Å². The second-order valence-electron chi connectivity index (χ2n) is 6.12. The van der Waals surface area contributed by atoms with Gasteiger partial charge in [-0.1, -0.05) is 39.7 Å². The molecule has 2 heterocycles.